The van der Waals surface area contributed by atoms with Crippen LogP contribution in [0.25, 0.3) is 0 Å². The molecule has 0 N–H and O–H groups in total. The Bertz CT molecular complexity index is 409. The van der Waals surface area contributed by atoms with Crippen molar-refractivity contribution in [3.8, 4) is 0 Å². The second-order valence-electron chi connectivity index (χ2n) is 5.12. The van der Waals surface area contributed by atoms with E-state index in [9.17, 15) is 4.79 Å². The highest BCUT2D eigenvalue weighted by atomic mass is 16.5. The maximum atomic E-state index is 11.9. The molecule has 0 radical (unpaired) electrons. The van der Waals surface area contributed by atoms with Crippen molar-refractivity contribution in [1.82, 2.24) is 15.0 Å². The molecule has 0 fully saturated rings. The lowest BCUT2D eigenvalue weighted by molar-refractivity contribution is 0.0517. The van der Waals surface area contributed by atoms with Crippen LogP contribution >= 0.6 is 0 Å². The Morgan fingerprint density at radius 3 is 2.37 bits per heavy atom. The van der Waals surface area contributed by atoms with Gasteiger partial charge in [-0.3, -0.25) is 0 Å². The van der Waals surface area contributed by atoms with E-state index in [1.807, 2.05) is 4.68 Å². The van der Waals surface area contributed by atoms with Crippen LogP contribution < -0.4 is 0 Å². The van der Waals surface area contributed by atoms with Crippen molar-refractivity contribution in [2.24, 2.45) is 5.92 Å². The molecular formula is C14H25N3O2. The van der Waals surface area contributed by atoms with Gasteiger partial charge in [-0.15, -0.1) is 5.10 Å². The second kappa shape index (κ2) is 7.26. The van der Waals surface area contributed by atoms with Crippen molar-refractivity contribution in [3.63, 3.8) is 0 Å². The van der Waals surface area contributed by atoms with Gasteiger partial charge in [0.05, 0.1) is 18.3 Å². The summed E-state index contributed by atoms with van der Waals surface area (Å²) in [5.41, 5.74) is 1.28. The summed E-state index contributed by atoms with van der Waals surface area (Å²) in [6.45, 7) is 10.7. The van der Waals surface area contributed by atoms with Crippen LogP contribution in [0.2, 0.25) is 0 Å². The van der Waals surface area contributed by atoms with E-state index < -0.39 is 0 Å². The molecule has 5 nitrogen and oxygen atoms in total. The summed E-state index contributed by atoms with van der Waals surface area (Å²) in [6.07, 6.45) is 2.75. The maximum absolute atomic E-state index is 11.9. The number of aromatic nitrogens is 3. The number of nitrogens with zero attached hydrogens (tertiary/aromatic N) is 3. The fraction of sp³-hybridized carbons (Fsp3) is 0.786. The molecule has 0 aliphatic carbocycles. The number of ether oxygens (including phenoxy) is 1. The van der Waals surface area contributed by atoms with E-state index in [4.69, 9.17) is 4.74 Å². The molecule has 0 atom stereocenters. The molecule has 1 rings (SSSR count). The van der Waals surface area contributed by atoms with Crippen molar-refractivity contribution in [2.45, 2.75) is 59.9 Å². The summed E-state index contributed by atoms with van der Waals surface area (Å²) in [4.78, 5) is 11.9. The zero-order valence-electron chi connectivity index (χ0n) is 12.6. The van der Waals surface area contributed by atoms with Crippen LogP contribution in [-0.2, 0) is 11.2 Å². The predicted octanol–water partition coefficient (Wildman–Crippen LogP) is 3.01. The van der Waals surface area contributed by atoms with E-state index in [0.29, 0.717) is 24.3 Å². The van der Waals surface area contributed by atoms with Gasteiger partial charge in [-0.2, -0.15) is 0 Å². The maximum Gasteiger partial charge on any atom is 0.360 e. The Balaban J connectivity index is 3.14. The zero-order chi connectivity index (χ0) is 14.4. The Labute approximate surface area is 115 Å². The molecule has 0 aromatic carbocycles. The van der Waals surface area contributed by atoms with Crippen molar-refractivity contribution in [2.75, 3.05) is 6.61 Å². The first kappa shape index (κ1) is 15.7. The molecule has 5 heteroatoms. The van der Waals surface area contributed by atoms with Gasteiger partial charge in [-0.25, -0.2) is 9.48 Å². The van der Waals surface area contributed by atoms with E-state index in [2.05, 4.69) is 38.0 Å². The summed E-state index contributed by atoms with van der Waals surface area (Å²) in [5, 5.41) is 8.22. The molecule has 1 aromatic heterocycles. The molecule has 1 aromatic rings. The molecule has 0 aliphatic heterocycles. The van der Waals surface area contributed by atoms with Crippen LogP contribution in [0.4, 0.5) is 0 Å². The highest BCUT2D eigenvalue weighted by Gasteiger charge is 2.24. The van der Waals surface area contributed by atoms with Gasteiger partial charge in [0.25, 0.3) is 0 Å². The van der Waals surface area contributed by atoms with Crippen LogP contribution in [0.1, 0.15) is 69.7 Å². The SMILES string of the molecule is CCOC(=O)c1nnn(C(CC)CC)c1CC(C)C. The van der Waals surface area contributed by atoms with Crippen LogP contribution in [0, 0.1) is 5.92 Å². The normalized spacial score (nSPS) is 11.3. The van der Waals surface area contributed by atoms with Crippen LogP contribution in [0.15, 0.2) is 0 Å². The minimum absolute atomic E-state index is 0.296. The average Bonchev–Trinajstić information content (AvgIpc) is 2.74. The Morgan fingerprint density at radius 1 is 1.26 bits per heavy atom. The topological polar surface area (TPSA) is 57.0 Å². The van der Waals surface area contributed by atoms with Crippen molar-refractivity contribution < 1.29 is 9.53 Å². The first-order valence-corrected chi connectivity index (χ1v) is 7.16. The first-order chi connectivity index (χ1) is 9.04. The molecule has 19 heavy (non-hydrogen) atoms. The fourth-order valence-corrected chi connectivity index (χ4v) is 2.18. The molecule has 0 amide bonds. The summed E-state index contributed by atoms with van der Waals surface area (Å²) in [7, 11) is 0. The minimum atomic E-state index is -0.365. The third kappa shape index (κ3) is 3.78. The van der Waals surface area contributed by atoms with E-state index in [1.165, 1.54) is 0 Å². The van der Waals surface area contributed by atoms with Gasteiger partial charge in [0, 0.05) is 0 Å². The van der Waals surface area contributed by atoms with E-state index in [1.54, 1.807) is 6.92 Å². The quantitative estimate of drug-likeness (QED) is 0.713. The monoisotopic (exact) mass is 267 g/mol. The lowest BCUT2D eigenvalue weighted by Crippen LogP contribution is -2.16. The number of hydrogen-bond donors (Lipinski definition) is 0. The number of hydrogen-bond acceptors (Lipinski definition) is 4. The highest BCUT2D eigenvalue weighted by Crippen LogP contribution is 2.21. The van der Waals surface area contributed by atoms with E-state index >= 15 is 0 Å². The first-order valence-electron chi connectivity index (χ1n) is 7.16. The van der Waals surface area contributed by atoms with Crippen molar-refractivity contribution in [3.05, 3.63) is 11.4 Å². The summed E-state index contributed by atoms with van der Waals surface area (Å²) < 4.78 is 6.96. The summed E-state index contributed by atoms with van der Waals surface area (Å²) in [5.74, 6) is 0.0788. The third-order valence-electron chi connectivity index (χ3n) is 3.15. The van der Waals surface area contributed by atoms with E-state index in [0.717, 1.165) is 25.0 Å². The minimum Gasteiger partial charge on any atom is -0.461 e. The zero-order valence-corrected chi connectivity index (χ0v) is 12.6. The van der Waals surface area contributed by atoms with E-state index in [-0.39, 0.29) is 5.97 Å². The lowest BCUT2D eigenvalue weighted by Gasteiger charge is -2.17. The van der Waals surface area contributed by atoms with Crippen molar-refractivity contribution in [1.29, 1.82) is 0 Å². The number of esters is 1. The van der Waals surface area contributed by atoms with Crippen LogP contribution in [-0.4, -0.2) is 27.6 Å². The third-order valence-corrected chi connectivity index (χ3v) is 3.15. The molecule has 0 saturated carbocycles. The van der Waals surface area contributed by atoms with Gasteiger partial charge in [0.15, 0.2) is 5.69 Å². The molecular weight excluding hydrogens is 242 g/mol. The Morgan fingerprint density at radius 2 is 1.89 bits per heavy atom. The Hall–Kier alpha value is -1.39. The molecule has 0 unspecified atom stereocenters. The predicted molar refractivity (Wildman–Crippen MR) is 74.1 cm³/mol. The summed E-state index contributed by atoms with van der Waals surface area (Å²) in [6, 6.07) is 0.296. The Kier molecular flexibility index (Phi) is 5.99. The molecule has 108 valence electrons. The number of rotatable bonds is 7. The molecule has 0 aliphatic rings. The lowest BCUT2D eigenvalue weighted by atomic mass is 10.0. The van der Waals surface area contributed by atoms with Crippen LogP contribution in [0.3, 0.4) is 0 Å². The number of carbonyl (C=O) groups is 1. The molecule has 0 spiro atoms. The van der Waals surface area contributed by atoms with Gasteiger partial charge >= 0.3 is 5.97 Å². The molecule has 0 saturated heterocycles. The van der Waals surface area contributed by atoms with Gasteiger partial charge in [0.1, 0.15) is 0 Å². The molecule has 0 bridgehead atoms. The fourth-order valence-electron chi connectivity index (χ4n) is 2.18. The van der Waals surface area contributed by atoms with Gasteiger partial charge in [-0.05, 0) is 32.1 Å². The van der Waals surface area contributed by atoms with Gasteiger partial charge in [-0.1, -0.05) is 32.9 Å². The van der Waals surface area contributed by atoms with Crippen molar-refractivity contribution >= 4 is 5.97 Å². The standard InChI is InChI=1S/C14H25N3O2/c1-6-11(7-2)17-12(9-10(4)5)13(15-16-17)14(18)19-8-3/h10-11H,6-9H2,1-5H3. The smallest absolute Gasteiger partial charge is 0.360 e. The summed E-state index contributed by atoms with van der Waals surface area (Å²) >= 11 is 0. The molecule has 1 heterocycles. The van der Waals surface area contributed by atoms with Gasteiger partial charge < -0.3 is 4.74 Å². The highest BCUT2D eigenvalue weighted by molar-refractivity contribution is 5.88. The largest absolute Gasteiger partial charge is 0.461 e. The van der Waals surface area contributed by atoms with Crippen LogP contribution in [0.5, 0.6) is 0 Å². The number of carbonyl (C=O) groups excluding carboxylic acids is 1. The second-order valence-corrected chi connectivity index (χ2v) is 5.12. The average molecular weight is 267 g/mol. The van der Waals surface area contributed by atoms with Gasteiger partial charge in [0.2, 0.25) is 0 Å².